The van der Waals surface area contributed by atoms with Gasteiger partial charge in [-0.2, -0.15) is 0 Å². The smallest absolute Gasteiger partial charge is 0.251 e. The molecule has 0 saturated carbocycles. The largest absolute Gasteiger partial charge is 0.491 e. The molecule has 1 aromatic rings. The average Bonchev–Trinajstić information content (AvgIpc) is 2.35. The summed E-state index contributed by atoms with van der Waals surface area (Å²) in [6, 6.07) is 7.08. The van der Waals surface area contributed by atoms with Crippen LogP contribution in [0.25, 0.3) is 0 Å². The summed E-state index contributed by atoms with van der Waals surface area (Å²) >= 11 is 0. The molecule has 0 aliphatic heterocycles. The molecule has 0 radical (unpaired) electrons. The fourth-order valence-electron chi connectivity index (χ4n) is 1.42. The van der Waals surface area contributed by atoms with Crippen molar-refractivity contribution in [3.63, 3.8) is 0 Å². The first-order chi connectivity index (χ1) is 8.52. The molecule has 0 aromatic heterocycles. The lowest BCUT2D eigenvalue weighted by molar-refractivity contribution is 0.0941. The van der Waals surface area contributed by atoms with E-state index in [0.717, 1.165) is 0 Å². The van der Waals surface area contributed by atoms with Gasteiger partial charge in [0.05, 0.1) is 6.10 Å². The number of aliphatic hydroxyl groups is 1. The molecule has 0 fully saturated rings. The zero-order valence-electron chi connectivity index (χ0n) is 11.1. The number of benzene rings is 1. The molecule has 1 atom stereocenters. The second kappa shape index (κ2) is 7.01. The second-order valence-electron chi connectivity index (χ2n) is 4.69. The van der Waals surface area contributed by atoms with E-state index in [1.54, 1.807) is 18.2 Å². The van der Waals surface area contributed by atoms with Crippen molar-refractivity contribution >= 4 is 5.91 Å². The van der Waals surface area contributed by atoms with Gasteiger partial charge in [0.25, 0.3) is 5.91 Å². The molecule has 18 heavy (non-hydrogen) atoms. The number of ether oxygens (including phenoxy) is 1. The Kier molecular flexibility index (Phi) is 5.65. The van der Waals surface area contributed by atoms with Gasteiger partial charge in [-0.25, -0.2) is 0 Å². The van der Waals surface area contributed by atoms with Crippen molar-refractivity contribution < 1.29 is 14.6 Å². The van der Waals surface area contributed by atoms with Crippen LogP contribution in [0.5, 0.6) is 5.75 Å². The molecule has 0 aliphatic rings. The van der Waals surface area contributed by atoms with Crippen molar-refractivity contribution in [3.8, 4) is 5.75 Å². The maximum absolute atomic E-state index is 11.9. The molecule has 1 rings (SSSR count). The molecule has 0 aliphatic carbocycles. The van der Waals surface area contributed by atoms with E-state index in [0.29, 0.717) is 17.9 Å². The molecule has 1 unspecified atom stereocenters. The standard InChI is InChI=1S/C14H21NO3/c1-10(2)18-13-6-4-5-12(7-13)14(17)15-8-11(3)9-16/h4-7,10-11,16H,8-9H2,1-3H3,(H,15,17). The van der Waals surface area contributed by atoms with Gasteiger partial charge >= 0.3 is 0 Å². The van der Waals surface area contributed by atoms with Crippen molar-refractivity contribution in [2.75, 3.05) is 13.2 Å². The van der Waals surface area contributed by atoms with Gasteiger partial charge in [-0.15, -0.1) is 0 Å². The zero-order chi connectivity index (χ0) is 13.5. The number of nitrogens with one attached hydrogen (secondary N) is 1. The Balaban J connectivity index is 2.62. The molecule has 0 bridgehead atoms. The minimum absolute atomic E-state index is 0.0593. The highest BCUT2D eigenvalue weighted by Crippen LogP contribution is 2.14. The highest BCUT2D eigenvalue weighted by molar-refractivity contribution is 5.94. The van der Waals surface area contributed by atoms with E-state index in [4.69, 9.17) is 9.84 Å². The minimum Gasteiger partial charge on any atom is -0.491 e. The summed E-state index contributed by atoms with van der Waals surface area (Å²) < 4.78 is 5.53. The first-order valence-electron chi connectivity index (χ1n) is 6.18. The second-order valence-corrected chi connectivity index (χ2v) is 4.69. The van der Waals surface area contributed by atoms with Crippen molar-refractivity contribution in [3.05, 3.63) is 29.8 Å². The molecule has 0 spiro atoms. The summed E-state index contributed by atoms with van der Waals surface area (Å²) in [7, 11) is 0. The van der Waals surface area contributed by atoms with Crippen LogP contribution >= 0.6 is 0 Å². The summed E-state index contributed by atoms with van der Waals surface area (Å²) in [6.45, 7) is 6.28. The van der Waals surface area contributed by atoms with E-state index in [-0.39, 0.29) is 24.5 Å². The van der Waals surface area contributed by atoms with Gasteiger partial charge in [-0.3, -0.25) is 4.79 Å². The first kappa shape index (κ1) is 14.5. The van der Waals surface area contributed by atoms with Gasteiger partial charge in [0.2, 0.25) is 0 Å². The minimum atomic E-state index is -0.149. The van der Waals surface area contributed by atoms with Gasteiger partial charge in [-0.05, 0) is 38.0 Å². The molecule has 1 amide bonds. The number of rotatable bonds is 6. The number of hydrogen-bond donors (Lipinski definition) is 2. The quantitative estimate of drug-likeness (QED) is 0.811. The van der Waals surface area contributed by atoms with Gasteiger partial charge in [0.15, 0.2) is 0 Å². The predicted octanol–water partition coefficient (Wildman–Crippen LogP) is 1.83. The molecular weight excluding hydrogens is 230 g/mol. The van der Waals surface area contributed by atoms with Crippen LogP contribution in [0.2, 0.25) is 0 Å². The molecule has 0 heterocycles. The van der Waals surface area contributed by atoms with Gasteiger partial charge in [0.1, 0.15) is 5.75 Å². The van der Waals surface area contributed by atoms with Gasteiger partial charge in [0, 0.05) is 18.7 Å². The van der Waals surface area contributed by atoms with Crippen molar-refractivity contribution in [1.82, 2.24) is 5.32 Å². The third kappa shape index (κ3) is 4.75. The Bertz CT molecular complexity index is 390. The summed E-state index contributed by atoms with van der Waals surface area (Å²) in [5.41, 5.74) is 0.568. The number of aliphatic hydroxyl groups excluding tert-OH is 1. The number of hydrogen-bond acceptors (Lipinski definition) is 3. The van der Waals surface area contributed by atoms with E-state index < -0.39 is 0 Å². The topological polar surface area (TPSA) is 58.6 Å². The number of carbonyl (C=O) groups is 1. The molecule has 4 heteroatoms. The average molecular weight is 251 g/mol. The third-order valence-corrected chi connectivity index (χ3v) is 2.39. The van der Waals surface area contributed by atoms with Crippen LogP contribution in [0.4, 0.5) is 0 Å². The van der Waals surface area contributed by atoms with Crippen LogP contribution in [-0.2, 0) is 0 Å². The Morgan fingerprint density at radius 3 is 2.72 bits per heavy atom. The summed E-state index contributed by atoms with van der Waals surface area (Å²) in [5.74, 6) is 0.599. The fourth-order valence-corrected chi connectivity index (χ4v) is 1.42. The Labute approximate surface area is 108 Å². The highest BCUT2D eigenvalue weighted by Gasteiger charge is 2.08. The van der Waals surface area contributed by atoms with Crippen molar-refractivity contribution in [1.29, 1.82) is 0 Å². The monoisotopic (exact) mass is 251 g/mol. The van der Waals surface area contributed by atoms with E-state index in [9.17, 15) is 4.79 Å². The lowest BCUT2D eigenvalue weighted by Crippen LogP contribution is -2.29. The van der Waals surface area contributed by atoms with Crippen LogP contribution in [0.3, 0.4) is 0 Å². The number of amides is 1. The lowest BCUT2D eigenvalue weighted by atomic mass is 10.1. The van der Waals surface area contributed by atoms with E-state index in [1.165, 1.54) is 0 Å². The molecule has 1 aromatic carbocycles. The Morgan fingerprint density at radius 1 is 1.39 bits per heavy atom. The highest BCUT2D eigenvalue weighted by atomic mass is 16.5. The van der Waals surface area contributed by atoms with E-state index in [2.05, 4.69) is 5.32 Å². The van der Waals surface area contributed by atoms with E-state index >= 15 is 0 Å². The van der Waals surface area contributed by atoms with Crippen molar-refractivity contribution in [2.45, 2.75) is 26.9 Å². The Hall–Kier alpha value is -1.55. The summed E-state index contributed by atoms with van der Waals surface area (Å²) in [6.07, 6.45) is 0.0812. The molecule has 100 valence electrons. The van der Waals surface area contributed by atoms with Crippen molar-refractivity contribution in [2.24, 2.45) is 5.92 Å². The number of carbonyl (C=O) groups excluding carboxylic acids is 1. The predicted molar refractivity (Wildman–Crippen MR) is 70.8 cm³/mol. The van der Waals surface area contributed by atoms with E-state index in [1.807, 2.05) is 26.8 Å². The summed E-state index contributed by atoms with van der Waals surface area (Å²) in [5, 5.41) is 11.7. The van der Waals surface area contributed by atoms with Crippen LogP contribution < -0.4 is 10.1 Å². The summed E-state index contributed by atoms with van der Waals surface area (Å²) in [4.78, 5) is 11.9. The maximum atomic E-state index is 11.9. The molecule has 4 nitrogen and oxygen atoms in total. The fraction of sp³-hybridized carbons (Fsp3) is 0.500. The van der Waals surface area contributed by atoms with Crippen LogP contribution in [0.1, 0.15) is 31.1 Å². The van der Waals surface area contributed by atoms with Crippen LogP contribution in [0, 0.1) is 5.92 Å². The lowest BCUT2D eigenvalue weighted by Gasteiger charge is -2.12. The third-order valence-electron chi connectivity index (χ3n) is 2.39. The molecule has 0 saturated heterocycles. The Morgan fingerprint density at radius 2 is 2.11 bits per heavy atom. The van der Waals surface area contributed by atoms with Crippen LogP contribution in [-0.4, -0.2) is 30.3 Å². The maximum Gasteiger partial charge on any atom is 0.251 e. The zero-order valence-corrected chi connectivity index (χ0v) is 11.1. The SMILES string of the molecule is CC(CO)CNC(=O)c1cccc(OC(C)C)c1. The van der Waals surface area contributed by atoms with Crippen LogP contribution in [0.15, 0.2) is 24.3 Å². The van der Waals surface area contributed by atoms with Gasteiger partial charge in [-0.1, -0.05) is 13.0 Å². The normalized spacial score (nSPS) is 12.3. The molecular formula is C14H21NO3. The van der Waals surface area contributed by atoms with Gasteiger partial charge < -0.3 is 15.2 Å². The molecule has 2 N–H and O–H groups in total. The first-order valence-corrected chi connectivity index (χ1v) is 6.18.